The van der Waals surface area contributed by atoms with Crippen LogP contribution in [0.5, 0.6) is 0 Å². The molecule has 26 heavy (non-hydrogen) atoms. The van der Waals surface area contributed by atoms with Gasteiger partial charge in [-0.1, -0.05) is 30.3 Å². The molecule has 0 aliphatic rings. The van der Waals surface area contributed by atoms with Crippen molar-refractivity contribution < 1.29 is 4.79 Å². The van der Waals surface area contributed by atoms with Crippen LogP contribution in [-0.4, -0.2) is 31.1 Å². The van der Waals surface area contributed by atoms with Gasteiger partial charge in [0.25, 0.3) is 5.56 Å². The van der Waals surface area contributed by atoms with Crippen LogP contribution >= 0.6 is 0 Å². The molecular weight excluding hydrogens is 334 g/mol. The predicted molar refractivity (Wildman–Crippen MR) is 98.0 cm³/mol. The van der Waals surface area contributed by atoms with Crippen LogP contribution < -0.4 is 16.6 Å². The predicted octanol–water partition coefficient (Wildman–Crippen LogP) is 0.183. The third-order valence-corrected chi connectivity index (χ3v) is 4.34. The number of amides is 1. The second-order valence-corrected chi connectivity index (χ2v) is 6.19. The first-order valence-corrected chi connectivity index (χ1v) is 8.40. The number of aromatic nitrogens is 4. The summed E-state index contributed by atoms with van der Waals surface area (Å²) >= 11 is 0. The van der Waals surface area contributed by atoms with E-state index in [0.29, 0.717) is 6.54 Å². The summed E-state index contributed by atoms with van der Waals surface area (Å²) in [5.74, 6) is -0.201. The fourth-order valence-electron chi connectivity index (χ4n) is 2.89. The van der Waals surface area contributed by atoms with E-state index in [4.69, 9.17) is 0 Å². The summed E-state index contributed by atoms with van der Waals surface area (Å²) < 4.78 is 3.78. The van der Waals surface area contributed by atoms with Crippen LogP contribution in [0.2, 0.25) is 0 Å². The topological polar surface area (TPSA) is 90.9 Å². The molecule has 0 saturated carbocycles. The van der Waals surface area contributed by atoms with Gasteiger partial charge in [0, 0.05) is 20.6 Å². The second kappa shape index (κ2) is 7.38. The molecule has 2 heterocycles. The van der Waals surface area contributed by atoms with Gasteiger partial charge in [-0.25, -0.2) is 9.78 Å². The molecule has 3 rings (SSSR count). The van der Waals surface area contributed by atoms with E-state index in [2.05, 4.69) is 22.4 Å². The van der Waals surface area contributed by atoms with Gasteiger partial charge < -0.3 is 9.88 Å². The molecule has 0 saturated heterocycles. The molecule has 2 aromatic heterocycles. The first-order chi connectivity index (χ1) is 12.5. The molecule has 0 fully saturated rings. The molecule has 0 unspecified atom stereocenters. The monoisotopic (exact) mass is 355 g/mol. The van der Waals surface area contributed by atoms with E-state index in [9.17, 15) is 14.4 Å². The summed E-state index contributed by atoms with van der Waals surface area (Å²) in [7, 11) is 2.95. The fraction of sp³-hybridized carbons (Fsp3) is 0.333. The number of carbonyl (C=O) groups is 1. The van der Waals surface area contributed by atoms with Crippen LogP contribution in [0.15, 0.2) is 46.2 Å². The zero-order valence-electron chi connectivity index (χ0n) is 14.8. The van der Waals surface area contributed by atoms with Crippen LogP contribution in [0, 0.1) is 0 Å². The van der Waals surface area contributed by atoms with Crippen molar-refractivity contribution in [3.8, 4) is 0 Å². The van der Waals surface area contributed by atoms with Crippen molar-refractivity contribution in [2.75, 3.05) is 6.54 Å². The van der Waals surface area contributed by atoms with Crippen LogP contribution in [0.3, 0.4) is 0 Å². The Morgan fingerprint density at radius 3 is 2.58 bits per heavy atom. The molecule has 1 N–H and O–H groups in total. The average Bonchev–Trinajstić information content (AvgIpc) is 3.06. The van der Waals surface area contributed by atoms with Crippen LogP contribution in [0.25, 0.3) is 11.2 Å². The molecule has 0 atom stereocenters. The Labute approximate surface area is 149 Å². The first kappa shape index (κ1) is 17.7. The number of nitrogens with one attached hydrogen (secondary N) is 1. The molecule has 0 radical (unpaired) electrons. The number of benzene rings is 1. The molecule has 0 aliphatic heterocycles. The third-order valence-electron chi connectivity index (χ3n) is 4.34. The van der Waals surface area contributed by atoms with Crippen molar-refractivity contribution in [3.63, 3.8) is 0 Å². The molecule has 3 aromatic rings. The fourth-order valence-corrected chi connectivity index (χ4v) is 2.89. The van der Waals surface area contributed by atoms with Crippen molar-refractivity contribution in [1.29, 1.82) is 0 Å². The maximum absolute atomic E-state index is 12.3. The van der Waals surface area contributed by atoms with E-state index < -0.39 is 11.2 Å². The SMILES string of the molecule is Cn1c(=O)c2c(ncn2CC(=O)NCCCc2ccccc2)n(C)c1=O. The van der Waals surface area contributed by atoms with Gasteiger partial charge >= 0.3 is 5.69 Å². The van der Waals surface area contributed by atoms with Crippen molar-refractivity contribution >= 4 is 17.1 Å². The zero-order valence-corrected chi connectivity index (χ0v) is 14.8. The lowest BCUT2D eigenvalue weighted by molar-refractivity contribution is -0.121. The van der Waals surface area contributed by atoms with Gasteiger partial charge in [0.05, 0.1) is 6.33 Å². The standard InChI is InChI=1S/C18H21N5O3/c1-21-16-15(17(25)22(2)18(21)26)23(12-20-16)11-14(24)19-10-6-9-13-7-4-3-5-8-13/h3-5,7-8,12H,6,9-11H2,1-2H3,(H,19,24). The van der Waals surface area contributed by atoms with E-state index in [1.165, 1.54) is 28.1 Å². The van der Waals surface area contributed by atoms with Gasteiger partial charge in [-0.3, -0.25) is 18.7 Å². The summed E-state index contributed by atoms with van der Waals surface area (Å²) in [5.41, 5.74) is 0.839. The highest BCUT2D eigenvalue weighted by Crippen LogP contribution is 2.05. The van der Waals surface area contributed by atoms with Gasteiger partial charge in [0.1, 0.15) is 6.54 Å². The third kappa shape index (κ3) is 3.44. The zero-order chi connectivity index (χ0) is 18.7. The minimum atomic E-state index is -0.461. The number of aryl methyl sites for hydroxylation is 2. The molecule has 1 aromatic carbocycles. The second-order valence-electron chi connectivity index (χ2n) is 6.19. The highest BCUT2D eigenvalue weighted by Gasteiger charge is 2.15. The Morgan fingerprint density at radius 2 is 1.85 bits per heavy atom. The maximum Gasteiger partial charge on any atom is 0.332 e. The lowest BCUT2D eigenvalue weighted by Crippen LogP contribution is -2.38. The van der Waals surface area contributed by atoms with E-state index in [0.717, 1.165) is 17.4 Å². The van der Waals surface area contributed by atoms with Crippen LogP contribution in [0.4, 0.5) is 0 Å². The number of rotatable bonds is 6. The highest BCUT2D eigenvalue weighted by atomic mass is 16.2. The number of nitrogens with zero attached hydrogens (tertiary/aromatic N) is 4. The van der Waals surface area contributed by atoms with E-state index in [1.54, 1.807) is 7.05 Å². The average molecular weight is 355 g/mol. The number of carbonyl (C=O) groups excluding carboxylic acids is 1. The number of fused-ring (bicyclic) bond motifs is 1. The summed E-state index contributed by atoms with van der Waals surface area (Å²) in [6.07, 6.45) is 3.13. The van der Waals surface area contributed by atoms with Crippen molar-refractivity contribution in [2.45, 2.75) is 19.4 Å². The quantitative estimate of drug-likeness (QED) is 0.639. The summed E-state index contributed by atoms with van der Waals surface area (Å²) in [4.78, 5) is 40.5. The summed E-state index contributed by atoms with van der Waals surface area (Å²) in [6, 6.07) is 10.1. The van der Waals surface area contributed by atoms with Crippen molar-refractivity contribution in [2.24, 2.45) is 14.1 Å². The van der Waals surface area contributed by atoms with Crippen molar-refractivity contribution in [1.82, 2.24) is 24.0 Å². The van der Waals surface area contributed by atoms with Gasteiger partial charge in [0.2, 0.25) is 5.91 Å². The Bertz CT molecular complexity index is 1050. The van der Waals surface area contributed by atoms with Gasteiger partial charge in [-0.2, -0.15) is 0 Å². The van der Waals surface area contributed by atoms with Crippen LogP contribution in [0.1, 0.15) is 12.0 Å². The van der Waals surface area contributed by atoms with Gasteiger partial charge in [-0.05, 0) is 18.4 Å². The largest absolute Gasteiger partial charge is 0.355 e. The molecule has 0 bridgehead atoms. The smallest absolute Gasteiger partial charge is 0.332 e. The van der Waals surface area contributed by atoms with Gasteiger partial charge in [-0.15, -0.1) is 0 Å². The van der Waals surface area contributed by atoms with Gasteiger partial charge in [0.15, 0.2) is 11.2 Å². The highest BCUT2D eigenvalue weighted by molar-refractivity contribution is 5.78. The molecule has 136 valence electrons. The number of hydrogen-bond acceptors (Lipinski definition) is 4. The van der Waals surface area contributed by atoms with Crippen LogP contribution in [-0.2, 0) is 31.9 Å². The summed E-state index contributed by atoms with van der Waals surface area (Å²) in [5, 5.41) is 2.85. The molecular formula is C18H21N5O3. The van der Waals surface area contributed by atoms with E-state index in [-0.39, 0.29) is 23.6 Å². The Hall–Kier alpha value is -3.16. The Morgan fingerprint density at radius 1 is 1.12 bits per heavy atom. The lowest BCUT2D eigenvalue weighted by atomic mass is 10.1. The van der Waals surface area contributed by atoms with E-state index in [1.807, 2.05) is 18.2 Å². The maximum atomic E-state index is 12.3. The molecule has 0 spiro atoms. The normalized spacial score (nSPS) is 11.0. The summed E-state index contributed by atoms with van der Waals surface area (Å²) in [6.45, 7) is 0.534. The minimum absolute atomic E-state index is 0.0186. The number of imidazole rings is 1. The molecule has 1 amide bonds. The molecule has 0 aliphatic carbocycles. The lowest BCUT2D eigenvalue weighted by Gasteiger charge is -2.08. The molecule has 8 nitrogen and oxygen atoms in total. The number of hydrogen-bond donors (Lipinski definition) is 1. The van der Waals surface area contributed by atoms with E-state index >= 15 is 0 Å². The van der Waals surface area contributed by atoms with Crippen molar-refractivity contribution in [3.05, 3.63) is 63.1 Å². The first-order valence-electron chi connectivity index (χ1n) is 8.40. The molecule has 8 heteroatoms. The Kier molecular flexibility index (Phi) is 5.01. The minimum Gasteiger partial charge on any atom is -0.355 e. The Balaban J connectivity index is 1.65.